The summed E-state index contributed by atoms with van der Waals surface area (Å²) in [5, 5.41) is 14.7. The average Bonchev–Trinajstić information content (AvgIpc) is 2.43. The minimum atomic E-state index is -0.402. The van der Waals surface area contributed by atoms with Crippen molar-refractivity contribution >= 4 is 23.0 Å². The first-order chi connectivity index (χ1) is 9.60. The Kier molecular flexibility index (Phi) is 4.98. The fraction of sp³-hybridized carbons (Fsp3) is 0.429. The lowest BCUT2D eigenvalue weighted by atomic mass is 10.0. The van der Waals surface area contributed by atoms with E-state index in [-0.39, 0.29) is 11.7 Å². The van der Waals surface area contributed by atoms with Crippen molar-refractivity contribution in [3.63, 3.8) is 0 Å². The Morgan fingerprint density at radius 1 is 1.50 bits per heavy atom. The number of piperidine rings is 1. The van der Waals surface area contributed by atoms with Gasteiger partial charge in [0.2, 0.25) is 0 Å². The number of nitro groups is 1. The van der Waals surface area contributed by atoms with E-state index in [1.54, 1.807) is 12.1 Å². The molecule has 0 amide bonds. The van der Waals surface area contributed by atoms with E-state index < -0.39 is 4.92 Å². The molecule has 6 heteroatoms. The predicted octanol–water partition coefficient (Wildman–Crippen LogP) is 3.31. The number of anilines is 1. The molecule has 1 heterocycles. The van der Waals surface area contributed by atoms with Crippen molar-refractivity contribution in [2.45, 2.75) is 18.9 Å². The third-order valence-corrected chi connectivity index (χ3v) is 3.73. The zero-order valence-corrected chi connectivity index (χ0v) is 12.0. The molecule has 0 aromatic heterocycles. The number of nitro benzene ring substituents is 1. The van der Waals surface area contributed by atoms with Gasteiger partial charge in [-0.15, -0.1) is 6.58 Å². The maximum absolute atomic E-state index is 11.0. The highest BCUT2D eigenvalue weighted by molar-refractivity contribution is 6.30. The van der Waals surface area contributed by atoms with Gasteiger partial charge in [0.15, 0.2) is 0 Å². The summed E-state index contributed by atoms with van der Waals surface area (Å²) in [4.78, 5) is 13.0. The van der Waals surface area contributed by atoms with E-state index in [4.69, 9.17) is 11.6 Å². The van der Waals surface area contributed by atoms with Gasteiger partial charge in [-0.2, -0.15) is 0 Å². The Balaban J connectivity index is 2.01. The van der Waals surface area contributed by atoms with Gasteiger partial charge in [-0.1, -0.05) is 17.7 Å². The lowest BCUT2D eigenvalue weighted by Crippen LogP contribution is -2.39. The highest BCUT2D eigenvalue weighted by atomic mass is 35.5. The summed E-state index contributed by atoms with van der Waals surface area (Å²) in [5.41, 5.74) is 0.576. The molecule has 0 radical (unpaired) electrons. The van der Waals surface area contributed by atoms with Gasteiger partial charge in [0.1, 0.15) is 5.69 Å². The quantitative estimate of drug-likeness (QED) is 0.514. The Labute approximate surface area is 123 Å². The molecule has 2 rings (SSSR count). The molecule has 0 bridgehead atoms. The van der Waals surface area contributed by atoms with E-state index in [1.807, 2.05) is 6.08 Å². The van der Waals surface area contributed by atoms with Crippen LogP contribution in [0, 0.1) is 10.1 Å². The van der Waals surface area contributed by atoms with Crippen LogP contribution in [0.5, 0.6) is 0 Å². The Morgan fingerprint density at radius 2 is 2.20 bits per heavy atom. The summed E-state index contributed by atoms with van der Waals surface area (Å²) in [6.45, 7) is 6.59. The maximum Gasteiger partial charge on any atom is 0.293 e. The minimum Gasteiger partial charge on any atom is -0.377 e. The van der Waals surface area contributed by atoms with Gasteiger partial charge in [-0.05, 0) is 25.0 Å². The molecule has 0 unspecified atom stereocenters. The zero-order valence-electron chi connectivity index (χ0n) is 11.2. The molecule has 1 N–H and O–H groups in total. The lowest BCUT2D eigenvalue weighted by Gasteiger charge is -2.32. The summed E-state index contributed by atoms with van der Waals surface area (Å²) in [5.74, 6) is 0. The van der Waals surface area contributed by atoms with Crippen molar-refractivity contribution in [2.24, 2.45) is 0 Å². The predicted molar refractivity (Wildman–Crippen MR) is 81.4 cm³/mol. The van der Waals surface area contributed by atoms with E-state index in [0.717, 1.165) is 32.5 Å². The van der Waals surface area contributed by atoms with Crippen LogP contribution in [0.25, 0.3) is 0 Å². The molecule has 0 aliphatic carbocycles. The molecule has 0 spiro atoms. The van der Waals surface area contributed by atoms with Crippen LogP contribution in [-0.2, 0) is 0 Å². The number of likely N-dealkylation sites (tertiary alicyclic amines) is 1. The van der Waals surface area contributed by atoms with Crippen LogP contribution in [0.15, 0.2) is 30.9 Å². The first-order valence-electron chi connectivity index (χ1n) is 6.64. The van der Waals surface area contributed by atoms with Crippen LogP contribution < -0.4 is 5.32 Å². The molecule has 20 heavy (non-hydrogen) atoms. The van der Waals surface area contributed by atoms with Crippen LogP contribution >= 0.6 is 11.6 Å². The molecule has 1 saturated heterocycles. The molecule has 1 aliphatic rings. The number of hydrogen-bond donors (Lipinski definition) is 1. The van der Waals surface area contributed by atoms with Gasteiger partial charge in [0.05, 0.1) is 4.92 Å². The second-order valence-corrected chi connectivity index (χ2v) is 5.36. The van der Waals surface area contributed by atoms with Crippen LogP contribution in [0.2, 0.25) is 5.02 Å². The standard InChI is InChI=1S/C14H18ClN3O2/c1-2-7-17-8-5-12(6-9-17)16-13-4-3-11(15)10-14(13)18(19)20/h2-4,10,12,16H,1,5-9H2. The monoisotopic (exact) mass is 295 g/mol. The summed E-state index contributed by atoms with van der Waals surface area (Å²) in [7, 11) is 0. The molecule has 5 nitrogen and oxygen atoms in total. The Morgan fingerprint density at radius 3 is 2.80 bits per heavy atom. The van der Waals surface area contributed by atoms with Gasteiger partial charge in [0, 0.05) is 36.8 Å². The number of hydrogen-bond acceptors (Lipinski definition) is 4. The Bertz CT molecular complexity index is 499. The lowest BCUT2D eigenvalue weighted by molar-refractivity contribution is -0.384. The molecule has 1 aliphatic heterocycles. The fourth-order valence-corrected chi connectivity index (χ4v) is 2.61. The summed E-state index contributed by atoms with van der Waals surface area (Å²) >= 11 is 5.81. The molecule has 1 aromatic carbocycles. The van der Waals surface area contributed by atoms with E-state index >= 15 is 0 Å². The normalized spacial score (nSPS) is 16.9. The first-order valence-corrected chi connectivity index (χ1v) is 7.01. The van der Waals surface area contributed by atoms with Gasteiger partial charge in [-0.25, -0.2) is 0 Å². The third kappa shape index (κ3) is 3.71. The maximum atomic E-state index is 11.0. The van der Waals surface area contributed by atoms with Crippen molar-refractivity contribution in [1.29, 1.82) is 0 Å². The highest BCUT2D eigenvalue weighted by Gasteiger charge is 2.21. The largest absolute Gasteiger partial charge is 0.377 e. The number of nitrogens with zero attached hydrogens (tertiary/aromatic N) is 2. The van der Waals surface area contributed by atoms with Gasteiger partial charge < -0.3 is 5.32 Å². The molecule has 0 atom stereocenters. The second kappa shape index (κ2) is 6.72. The topological polar surface area (TPSA) is 58.4 Å². The van der Waals surface area contributed by atoms with Gasteiger partial charge >= 0.3 is 0 Å². The van der Waals surface area contributed by atoms with Gasteiger partial charge in [0.25, 0.3) is 5.69 Å². The SMILES string of the molecule is C=CCN1CCC(Nc2ccc(Cl)cc2[N+](=O)[O-])CC1. The van der Waals surface area contributed by atoms with Gasteiger partial charge in [-0.3, -0.25) is 15.0 Å². The van der Waals surface area contributed by atoms with E-state index in [9.17, 15) is 10.1 Å². The molecular weight excluding hydrogens is 278 g/mol. The van der Waals surface area contributed by atoms with E-state index in [0.29, 0.717) is 10.7 Å². The molecule has 0 saturated carbocycles. The number of nitrogens with one attached hydrogen (secondary N) is 1. The third-order valence-electron chi connectivity index (χ3n) is 3.49. The fourth-order valence-electron chi connectivity index (χ4n) is 2.44. The van der Waals surface area contributed by atoms with E-state index in [1.165, 1.54) is 6.07 Å². The first kappa shape index (κ1) is 14.8. The minimum absolute atomic E-state index is 0.0334. The summed E-state index contributed by atoms with van der Waals surface area (Å²) in [6, 6.07) is 4.99. The van der Waals surface area contributed by atoms with Crippen molar-refractivity contribution in [2.75, 3.05) is 25.0 Å². The van der Waals surface area contributed by atoms with Crippen molar-refractivity contribution in [3.05, 3.63) is 46.0 Å². The van der Waals surface area contributed by atoms with Crippen molar-refractivity contribution in [3.8, 4) is 0 Å². The van der Waals surface area contributed by atoms with Crippen LogP contribution in [0.1, 0.15) is 12.8 Å². The van der Waals surface area contributed by atoms with Crippen molar-refractivity contribution < 1.29 is 4.92 Å². The summed E-state index contributed by atoms with van der Waals surface area (Å²) in [6.07, 6.45) is 3.83. The number of benzene rings is 1. The average molecular weight is 296 g/mol. The van der Waals surface area contributed by atoms with Crippen LogP contribution in [0.4, 0.5) is 11.4 Å². The van der Waals surface area contributed by atoms with Crippen LogP contribution in [-0.4, -0.2) is 35.5 Å². The number of rotatable bonds is 5. The smallest absolute Gasteiger partial charge is 0.293 e. The molecule has 108 valence electrons. The Hall–Kier alpha value is -1.59. The molecule has 1 fully saturated rings. The second-order valence-electron chi connectivity index (χ2n) is 4.93. The number of halogens is 1. The zero-order chi connectivity index (χ0) is 14.5. The van der Waals surface area contributed by atoms with Crippen LogP contribution in [0.3, 0.4) is 0 Å². The molecular formula is C14H18ClN3O2. The summed E-state index contributed by atoms with van der Waals surface area (Å²) < 4.78 is 0. The van der Waals surface area contributed by atoms with Crippen molar-refractivity contribution in [1.82, 2.24) is 4.90 Å². The van der Waals surface area contributed by atoms with E-state index in [2.05, 4.69) is 16.8 Å². The highest BCUT2D eigenvalue weighted by Crippen LogP contribution is 2.29. The molecule has 1 aromatic rings.